The molecule has 0 radical (unpaired) electrons. The standard InChI is InChI=1S/C17H29NO3/c19-16(10-8-13-6-7-13)18-15(9-11-17(20)21)12-14-4-2-1-3-5-14/h13-15H,1-12H2,(H,18,19)(H,20,21). The Kier molecular flexibility index (Phi) is 6.52. The smallest absolute Gasteiger partial charge is 0.303 e. The van der Waals surface area contributed by atoms with Crippen LogP contribution < -0.4 is 5.32 Å². The number of carbonyl (C=O) groups excluding carboxylic acids is 1. The maximum absolute atomic E-state index is 12.0. The van der Waals surface area contributed by atoms with Crippen LogP contribution in [0.1, 0.15) is 77.0 Å². The van der Waals surface area contributed by atoms with Crippen LogP contribution in [0.5, 0.6) is 0 Å². The molecule has 2 saturated carbocycles. The van der Waals surface area contributed by atoms with Gasteiger partial charge in [0.05, 0.1) is 0 Å². The second kappa shape index (κ2) is 8.40. The van der Waals surface area contributed by atoms with Gasteiger partial charge in [-0.2, -0.15) is 0 Å². The van der Waals surface area contributed by atoms with Crippen molar-refractivity contribution in [2.24, 2.45) is 11.8 Å². The summed E-state index contributed by atoms with van der Waals surface area (Å²) >= 11 is 0. The Labute approximate surface area is 127 Å². The SMILES string of the molecule is O=C(O)CCC(CC1CCCCC1)NC(=O)CCC1CC1. The average molecular weight is 295 g/mol. The Morgan fingerprint density at radius 3 is 2.33 bits per heavy atom. The highest BCUT2D eigenvalue weighted by atomic mass is 16.4. The summed E-state index contributed by atoms with van der Waals surface area (Å²) in [5.41, 5.74) is 0. The van der Waals surface area contributed by atoms with Crippen LogP contribution in [0.2, 0.25) is 0 Å². The van der Waals surface area contributed by atoms with Crippen LogP contribution in [-0.4, -0.2) is 23.0 Å². The van der Waals surface area contributed by atoms with Crippen molar-refractivity contribution < 1.29 is 14.7 Å². The first-order valence-electron chi connectivity index (χ1n) is 8.64. The van der Waals surface area contributed by atoms with Gasteiger partial charge < -0.3 is 10.4 Å². The highest BCUT2D eigenvalue weighted by Gasteiger charge is 2.24. The second-order valence-corrected chi connectivity index (χ2v) is 6.92. The van der Waals surface area contributed by atoms with Crippen molar-refractivity contribution in [3.63, 3.8) is 0 Å². The van der Waals surface area contributed by atoms with E-state index in [2.05, 4.69) is 5.32 Å². The minimum Gasteiger partial charge on any atom is -0.481 e. The number of carboxylic acid groups (broad SMARTS) is 1. The summed E-state index contributed by atoms with van der Waals surface area (Å²) in [4.78, 5) is 22.8. The van der Waals surface area contributed by atoms with Gasteiger partial charge in [0, 0.05) is 18.9 Å². The first kappa shape index (κ1) is 16.3. The van der Waals surface area contributed by atoms with E-state index < -0.39 is 5.97 Å². The van der Waals surface area contributed by atoms with E-state index in [0.29, 0.717) is 18.8 Å². The van der Waals surface area contributed by atoms with Crippen LogP contribution in [0.15, 0.2) is 0 Å². The minimum atomic E-state index is -0.768. The third-order valence-electron chi connectivity index (χ3n) is 4.89. The monoisotopic (exact) mass is 295 g/mol. The van der Waals surface area contributed by atoms with Gasteiger partial charge in [-0.1, -0.05) is 44.9 Å². The number of hydrogen-bond donors (Lipinski definition) is 2. The van der Waals surface area contributed by atoms with E-state index in [1.807, 2.05) is 0 Å². The third kappa shape index (κ3) is 6.96. The predicted octanol–water partition coefficient (Wildman–Crippen LogP) is 3.50. The zero-order chi connectivity index (χ0) is 15.1. The Morgan fingerprint density at radius 2 is 1.71 bits per heavy atom. The molecule has 0 aliphatic heterocycles. The van der Waals surface area contributed by atoms with Gasteiger partial charge in [0.2, 0.25) is 5.91 Å². The highest BCUT2D eigenvalue weighted by Crippen LogP contribution is 2.33. The maximum atomic E-state index is 12.0. The largest absolute Gasteiger partial charge is 0.481 e. The van der Waals surface area contributed by atoms with Crippen LogP contribution in [0.25, 0.3) is 0 Å². The van der Waals surface area contributed by atoms with Gasteiger partial charge in [-0.3, -0.25) is 9.59 Å². The molecule has 2 rings (SSSR count). The fraction of sp³-hybridized carbons (Fsp3) is 0.882. The van der Waals surface area contributed by atoms with Crippen LogP contribution in [0.3, 0.4) is 0 Å². The maximum Gasteiger partial charge on any atom is 0.303 e. The van der Waals surface area contributed by atoms with Crippen molar-refractivity contribution in [3.8, 4) is 0 Å². The van der Waals surface area contributed by atoms with Crippen LogP contribution in [0.4, 0.5) is 0 Å². The molecule has 0 spiro atoms. The van der Waals surface area contributed by atoms with Crippen LogP contribution >= 0.6 is 0 Å². The Balaban J connectivity index is 1.74. The number of amides is 1. The normalized spacial score (nSPS) is 21.0. The average Bonchev–Trinajstić information content (AvgIpc) is 3.28. The van der Waals surface area contributed by atoms with Gasteiger partial charge in [0.1, 0.15) is 0 Å². The molecule has 0 aromatic heterocycles. The number of nitrogens with one attached hydrogen (secondary N) is 1. The number of aliphatic carboxylic acids is 1. The molecule has 2 aliphatic carbocycles. The number of rotatable bonds is 9. The molecule has 0 bridgehead atoms. The zero-order valence-electron chi connectivity index (χ0n) is 13.0. The lowest BCUT2D eigenvalue weighted by Crippen LogP contribution is -2.37. The molecule has 1 unspecified atom stereocenters. The number of carbonyl (C=O) groups is 2. The Hall–Kier alpha value is -1.06. The van der Waals surface area contributed by atoms with Crippen molar-refractivity contribution in [1.82, 2.24) is 5.32 Å². The molecule has 0 aromatic carbocycles. The first-order chi connectivity index (χ1) is 10.1. The van der Waals surface area contributed by atoms with Gasteiger partial charge >= 0.3 is 5.97 Å². The molecule has 21 heavy (non-hydrogen) atoms. The summed E-state index contributed by atoms with van der Waals surface area (Å²) in [5, 5.41) is 12.0. The number of carboxylic acids is 1. The van der Waals surface area contributed by atoms with E-state index >= 15 is 0 Å². The van der Waals surface area contributed by atoms with Crippen LogP contribution in [-0.2, 0) is 9.59 Å². The van der Waals surface area contributed by atoms with Gasteiger partial charge in [0.25, 0.3) is 0 Å². The molecule has 1 amide bonds. The van der Waals surface area contributed by atoms with Gasteiger partial charge in [-0.15, -0.1) is 0 Å². The molecular weight excluding hydrogens is 266 g/mol. The topological polar surface area (TPSA) is 66.4 Å². The van der Waals surface area contributed by atoms with Crippen molar-refractivity contribution in [3.05, 3.63) is 0 Å². The summed E-state index contributed by atoms with van der Waals surface area (Å²) in [6, 6.07) is 0.0518. The van der Waals surface area contributed by atoms with Crippen molar-refractivity contribution in [1.29, 1.82) is 0 Å². The van der Waals surface area contributed by atoms with E-state index in [-0.39, 0.29) is 18.4 Å². The second-order valence-electron chi connectivity index (χ2n) is 6.92. The van der Waals surface area contributed by atoms with Gasteiger partial charge in [0.15, 0.2) is 0 Å². The molecule has 2 aliphatic rings. The van der Waals surface area contributed by atoms with Crippen LogP contribution in [0, 0.1) is 11.8 Å². The molecule has 1 atom stereocenters. The Bertz CT molecular complexity index is 346. The molecule has 2 fully saturated rings. The van der Waals surface area contributed by atoms with E-state index in [0.717, 1.165) is 18.8 Å². The summed E-state index contributed by atoms with van der Waals surface area (Å²) in [6.07, 6.45) is 12.2. The first-order valence-corrected chi connectivity index (χ1v) is 8.64. The van der Waals surface area contributed by atoms with Crippen molar-refractivity contribution in [2.45, 2.75) is 83.1 Å². The lowest BCUT2D eigenvalue weighted by molar-refractivity contribution is -0.137. The zero-order valence-corrected chi connectivity index (χ0v) is 13.0. The summed E-state index contributed by atoms with van der Waals surface area (Å²) in [6.45, 7) is 0. The van der Waals surface area contributed by atoms with E-state index in [9.17, 15) is 9.59 Å². The van der Waals surface area contributed by atoms with Gasteiger partial charge in [-0.05, 0) is 31.1 Å². The predicted molar refractivity (Wildman–Crippen MR) is 82.0 cm³/mol. The molecule has 0 saturated heterocycles. The quantitative estimate of drug-likeness (QED) is 0.684. The lowest BCUT2D eigenvalue weighted by atomic mass is 9.84. The molecule has 4 nitrogen and oxygen atoms in total. The van der Waals surface area contributed by atoms with Crippen molar-refractivity contribution in [2.75, 3.05) is 0 Å². The van der Waals surface area contributed by atoms with E-state index in [1.54, 1.807) is 0 Å². The lowest BCUT2D eigenvalue weighted by Gasteiger charge is -2.27. The molecular formula is C17H29NO3. The van der Waals surface area contributed by atoms with E-state index in [4.69, 9.17) is 5.11 Å². The fourth-order valence-electron chi connectivity index (χ4n) is 3.41. The highest BCUT2D eigenvalue weighted by molar-refractivity contribution is 5.76. The van der Waals surface area contributed by atoms with Gasteiger partial charge in [-0.25, -0.2) is 0 Å². The summed E-state index contributed by atoms with van der Waals surface area (Å²) in [7, 11) is 0. The van der Waals surface area contributed by atoms with E-state index in [1.165, 1.54) is 44.9 Å². The molecule has 0 heterocycles. The fourth-order valence-corrected chi connectivity index (χ4v) is 3.41. The summed E-state index contributed by atoms with van der Waals surface area (Å²) < 4.78 is 0. The van der Waals surface area contributed by atoms with Crippen molar-refractivity contribution >= 4 is 11.9 Å². The molecule has 120 valence electrons. The molecule has 0 aromatic rings. The molecule has 4 heteroatoms. The Morgan fingerprint density at radius 1 is 1.00 bits per heavy atom. The molecule has 2 N–H and O–H groups in total. The summed E-state index contributed by atoms with van der Waals surface area (Å²) in [5.74, 6) is 0.789. The number of hydrogen-bond acceptors (Lipinski definition) is 2. The minimum absolute atomic E-state index is 0.0518. The third-order valence-corrected chi connectivity index (χ3v) is 4.89.